The molecule has 0 spiro atoms. The van der Waals surface area contributed by atoms with Crippen LogP contribution in [0.5, 0.6) is 0 Å². The first-order chi connectivity index (χ1) is 9.13. The second-order valence-electron chi connectivity index (χ2n) is 4.17. The summed E-state index contributed by atoms with van der Waals surface area (Å²) in [5, 5.41) is 6.36. The van der Waals surface area contributed by atoms with E-state index in [1.807, 2.05) is 19.1 Å². The fourth-order valence-corrected chi connectivity index (χ4v) is 1.84. The first kappa shape index (κ1) is 13.6. The van der Waals surface area contributed by atoms with Crippen LogP contribution in [0.1, 0.15) is 11.5 Å². The van der Waals surface area contributed by atoms with Crippen LogP contribution in [0, 0.1) is 6.92 Å². The van der Waals surface area contributed by atoms with Crippen LogP contribution in [0.15, 0.2) is 40.8 Å². The lowest BCUT2D eigenvalue weighted by atomic mass is 10.3. The molecule has 0 aliphatic carbocycles. The predicted octanol–water partition coefficient (Wildman–Crippen LogP) is 2.97. The number of hydrogen-bond donors (Lipinski definition) is 2. The number of rotatable bonds is 5. The smallest absolute Gasteiger partial charge is 0.238 e. The van der Waals surface area contributed by atoms with E-state index in [-0.39, 0.29) is 12.5 Å². The van der Waals surface area contributed by atoms with Gasteiger partial charge in [-0.1, -0.05) is 17.7 Å². The van der Waals surface area contributed by atoms with Gasteiger partial charge in [-0.2, -0.15) is 0 Å². The minimum Gasteiger partial charge on any atom is -0.465 e. The van der Waals surface area contributed by atoms with E-state index in [0.29, 0.717) is 17.3 Å². The van der Waals surface area contributed by atoms with Gasteiger partial charge in [0.25, 0.3) is 0 Å². The first-order valence-electron chi connectivity index (χ1n) is 5.95. The van der Waals surface area contributed by atoms with Gasteiger partial charge in [0.1, 0.15) is 11.5 Å². The van der Waals surface area contributed by atoms with Crippen molar-refractivity contribution in [1.29, 1.82) is 0 Å². The van der Waals surface area contributed by atoms with Gasteiger partial charge >= 0.3 is 0 Å². The molecule has 2 rings (SSSR count). The summed E-state index contributed by atoms with van der Waals surface area (Å²) < 4.78 is 5.39. The Labute approximate surface area is 116 Å². The summed E-state index contributed by atoms with van der Waals surface area (Å²) in [5.41, 5.74) is 0.688. The molecule has 0 radical (unpaired) electrons. The fraction of sp³-hybridized carbons (Fsp3) is 0.214. The van der Waals surface area contributed by atoms with Crippen molar-refractivity contribution >= 4 is 23.2 Å². The molecule has 0 bridgehead atoms. The second-order valence-corrected chi connectivity index (χ2v) is 4.61. The van der Waals surface area contributed by atoms with Crippen LogP contribution < -0.4 is 10.6 Å². The van der Waals surface area contributed by atoms with E-state index in [2.05, 4.69) is 10.6 Å². The standard InChI is InChI=1S/C14H15ClN2O2/c1-10-5-6-13(19-10)8-16-9-14(18)17-12-4-2-3-11(15)7-12/h2-7,16H,8-9H2,1H3,(H,17,18). The maximum absolute atomic E-state index is 11.7. The van der Waals surface area contributed by atoms with Crippen LogP contribution in [-0.4, -0.2) is 12.5 Å². The highest BCUT2D eigenvalue weighted by Gasteiger charge is 2.03. The van der Waals surface area contributed by atoms with Crippen molar-refractivity contribution in [2.75, 3.05) is 11.9 Å². The van der Waals surface area contributed by atoms with Gasteiger partial charge in [0.05, 0.1) is 13.1 Å². The lowest BCUT2D eigenvalue weighted by Crippen LogP contribution is -2.27. The van der Waals surface area contributed by atoms with E-state index < -0.39 is 0 Å². The second kappa shape index (κ2) is 6.41. The number of benzene rings is 1. The van der Waals surface area contributed by atoms with Gasteiger partial charge in [-0.3, -0.25) is 4.79 Å². The monoisotopic (exact) mass is 278 g/mol. The van der Waals surface area contributed by atoms with Crippen molar-refractivity contribution in [2.45, 2.75) is 13.5 Å². The number of amides is 1. The molecule has 0 atom stereocenters. The van der Waals surface area contributed by atoms with Crippen LogP contribution in [0.4, 0.5) is 5.69 Å². The molecule has 2 N–H and O–H groups in total. The van der Waals surface area contributed by atoms with Gasteiger partial charge in [-0.25, -0.2) is 0 Å². The molecule has 0 saturated heterocycles. The van der Waals surface area contributed by atoms with E-state index in [1.54, 1.807) is 24.3 Å². The molecular weight excluding hydrogens is 264 g/mol. The number of carbonyl (C=O) groups is 1. The van der Waals surface area contributed by atoms with E-state index in [9.17, 15) is 4.79 Å². The highest BCUT2D eigenvalue weighted by Crippen LogP contribution is 2.14. The molecule has 0 fully saturated rings. The number of furan rings is 1. The lowest BCUT2D eigenvalue weighted by Gasteiger charge is -2.06. The van der Waals surface area contributed by atoms with Crippen molar-refractivity contribution < 1.29 is 9.21 Å². The highest BCUT2D eigenvalue weighted by molar-refractivity contribution is 6.30. The van der Waals surface area contributed by atoms with Crippen LogP contribution in [0.2, 0.25) is 5.02 Å². The third kappa shape index (κ3) is 4.43. The Morgan fingerprint density at radius 1 is 1.32 bits per heavy atom. The molecular formula is C14H15ClN2O2. The van der Waals surface area contributed by atoms with Gasteiger partial charge in [0.15, 0.2) is 0 Å². The van der Waals surface area contributed by atoms with E-state index >= 15 is 0 Å². The number of nitrogens with one attached hydrogen (secondary N) is 2. The average molecular weight is 279 g/mol. The number of anilines is 1. The molecule has 100 valence electrons. The minimum absolute atomic E-state index is 0.120. The van der Waals surface area contributed by atoms with Gasteiger partial charge in [0, 0.05) is 10.7 Å². The quantitative estimate of drug-likeness (QED) is 0.884. The van der Waals surface area contributed by atoms with Crippen molar-refractivity contribution in [2.24, 2.45) is 0 Å². The summed E-state index contributed by atoms with van der Waals surface area (Å²) in [6, 6.07) is 10.8. The summed E-state index contributed by atoms with van der Waals surface area (Å²) in [4.78, 5) is 11.7. The number of hydrogen-bond acceptors (Lipinski definition) is 3. The van der Waals surface area contributed by atoms with Crippen molar-refractivity contribution in [3.63, 3.8) is 0 Å². The molecule has 0 saturated carbocycles. The summed E-state index contributed by atoms with van der Waals surface area (Å²) in [7, 11) is 0. The molecule has 2 aromatic rings. The van der Waals surface area contributed by atoms with Gasteiger partial charge in [-0.05, 0) is 37.3 Å². The predicted molar refractivity (Wildman–Crippen MR) is 75.2 cm³/mol. The lowest BCUT2D eigenvalue weighted by molar-refractivity contribution is -0.115. The molecule has 4 nitrogen and oxygen atoms in total. The summed E-state index contributed by atoms with van der Waals surface area (Å²) in [6.45, 7) is 2.62. The van der Waals surface area contributed by atoms with Crippen molar-refractivity contribution in [3.8, 4) is 0 Å². The number of aryl methyl sites for hydroxylation is 1. The largest absolute Gasteiger partial charge is 0.465 e. The van der Waals surface area contributed by atoms with E-state index in [0.717, 1.165) is 11.5 Å². The van der Waals surface area contributed by atoms with Crippen LogP contribution in [0.25, 0.3) is 0 Å². The van der Waals surface area contributed by atoms with E-state index in [4.69, 9.17) is 16.0 Å². The molecule has 19 heavy (non-hydrogen) atoms. The Hall–Kier alpha value is -1.78. The topological polar surface area (TPSA) is 54.3 Å². The average Bonchev–Trinajstić information content (AvgIpc) is 2.75. The molecule has 5 heteroatoms. The summed E-state index contributed by atoms with van der Waals surface area (Å²) >= 11 is 5.84. The molecule has 1 amide bonds. The van der Waals surface area contributed by atoms with Gasteiger partial charge < -0.3 is 15.1 Å². The number of halogens is 1. The summed E-state index contributed by atoms with van der Waals surface area (Å²) in [6.07, 6.45) is 0. The Morgan fingerprint density at radius 2 is 2.16 bits per heavy atom. The van der Waals surface area contributed by atoms with Crippen molar-refractivity contribution in [1.82, 2.24) is 5.32 Å². The van der Waals surface area contributed by atoms with Gasteiger partial charge in [-0.15, -0.1) is 0 Å². The van der Waals surface area contributed by atoms with Crippen molar-refractivity contribution in [3.05, 3.63) is 52.9 Å². The molecule has 1 aromatic heterocycles. The molecule has 0 aliphatic heterocycles. The van der Waals surface area contributed by atoms with Crippen LogP contribution >= 0.6 is 11.6 Å². The van der Waals surface area contributed by atoms with Crippen LogP contribution in [-0.2, 0) is 11.3 Å². The zero-order valence-corrected chi connectivity index (χ0v) is 11.3. The zero-order chi connectivity index (χ0) is 13.7. The maximum atomic E-state index is 11.7. The Bertz CT molecular complexity index is 566. The zero-order valence-electron chi connectivity index (χ0n) is 10.6. The Kier molecular flexibility index (Phi) is 4.60. The summed E-state index contributed by atoms with van der Waals surface area (Å²) in [5.74, 6) is 1.55. The first-order valence-corrected chi connectivity index (χ1v) is 6.33. The molecule has 0 aliphatic rings. The Morgan fingerprint density at radius 3 is 2.84 bits per heavy atom. The molecule has 1 aromatic carbocycles. The van der Waals surface area contributed by atoms with Gasteiger partial charge in [0.2, 0.25) is 5.91 Å². The Balaban J connectivity index is 1.76. The minimum atomic E-state index is -0.120. The van der Waals surface area contributed by atoms with Crippen LogP contribution in [0.3, 0.4) is 0 Å². The fourth-order valence-electron chi connectivity index (χ4n) is 1.65. The maximum Gasteiger partial charge on any atom is 0.238 e. The number of carbonyl (C=O) groups excluding carboxylic acids is 1. The highest BCUT2D eigenvalue weighted by atomic mass is 35.5. The third-order valence-corrected chi connectivity index (χ3v) is 2.72. The normalized spacial score (nSPS) is 10.4. The molecule has 0 unspecified atom stereocenters. The van der Waals surface area contributed by atoms with E-state index in [1.165, 1.54) is 0 Å². The SMILES string of the molecule is Cc1ccc(CNCC(=O)Nc2cccc(Cl)c2)o1. The molecule has 1 heterocycles. The third-order valence-electron chi connectivity index (χ3n) is 2.49.